The molecule has 0 fully saturated rings. The van der Waals surface area contributed by atoms with E-state index in [-0.39, 0.29) is 0 Å². The number of hydrogen-bond donors (Lipinski definition) is 0. The molecule has 0 amide bonds. The van der Waals surface area contributed by atoms with Gasteiger partial charge in [-0.05, 0) is 17.5 Å². The van der Waals surface area contributed by atoms with Gasteiger partial charge in [-0.25, -0.2) is 0 Å². The summed E-state index contributed by atoms with van der Waals surface area (Å²) in [6.45, 7) is 0. The van der Waals surface area contributed by atoms with Crippen molar-refractivity contribution in [3.8, 4) is 5.75 Å². The normalized spacial score (nSPS) is 10.8. The molecule has 0 N–H and O–H groups in total. The zero-order chi connectivity index (χ0) is 10.1. The van der Waals surface area contributed by atoms with E-state index < -0.39 is 0 Å². The number of fused-ring (bicyclic) bond motifs is 1. The smallest absolute Gasteiger partial charge is 0.126 e. The van der Waals surface area contributed by atoms with Gasteiger partial charge in [0.05, 0.1) is 18.0 Å². The second kappa shape index (κ2) is 3.97. The minimum absolute atomic E-state index is 0.369. The third kappa shape index (κ3) is 1.48. The lowest BCUT2D eigenvalue weighted by molar-refractivity contribution is 0.412. The van der Waals surface area contributed by atoms with E-state index in [1.807, 2.05) is 17.5 Å². The zero-order valence-corrected chi connectivity index (χ0v) is 9.84. The number of halogens is 2. The van der Waals surface area contributed by atoms with Crippen molar-refractivity contribution in [1.82, 2.24) is 0 Å². The molecule has 1 aromatic heterocycles. The average Bonchev–Trinajstić information content (AvgIpc) is 2.65. The highest BCUT2D eigenvalue weighted by molar-refractivity contribution is 7.17. The largest absolute Gasteiger partial charge is 0.496 e. The molecule has 0 aliphatic rings. The minimum Gasteiger partial charge on any atom is -0.496 e. The summed E-state index contributed by atoms with van der Waals surface area (Å²) in [5, 5.41) is 3.76. The van der Waals surface area contributed by atoms with Crippen LogP contribution in [0.25, 0.3) is 10.1 Å². The number of rotatable bonds is 2. The maximum atomic E-state index is 6.21. The lowest BCUT2D eigenvalue weighted by atomic mass is 10.1. The lowest BCUT2D eigenvalue weighted by Gasteiger charge is -2.08. The molecule has 0 aliphatic carbocycles. The molecule has 0 saturated heterocycles. The third-order valence-electron chi connectivity index (χ3n) is 2.11. The summed E-state index contributed by atoms with van der Waals surface area (Å²) in [7, 11) is 1.63. The maximum Gasteiger partial charge on any atom is 0.126 e. The van der Waals surface area contributed by atoms with Crippen LogP contribution >= 0.6 is 34.5 Å². The van der Waals surface area contributed by atoms with E-state index in [4.69, 9.17) is 27.9 Å². The van der Waals surface area contributed by atoms with Crippen molar-refractivity contribution in [2.45, 2.75) is 5.88 Å². The van der Waals surface area contributed by atoms with Crippen LogP contribution in [0.5, 0.6) is 5.75 Å². The zero-order valence-electron chi connectivity index (χ0n) is 7.51. The Morgan fingerprint density at radius 3 is 2.93 bits per heavy atom. The fourth-order valence-corrected chi connectivity index (χ4v) is 2.94. The van der Waals surface area contributed by atoms with Crippen LogP contribution in [0, 0.1) is 0 Å². The molecule has 1 aromatic carbocycles. The van der Waals surface area contributed by atoms with Gasteiger partial charge in [-0.2, -0.15) is 0 Å². The molecule has 4 heteroatoms. The maximum absolute atomic E-state index is 6.21. The van der Waals surface area contributed by atoms with Gasteiger partial charge in [0.1, 0.15) is 5.75 Å². The van der Waals surface area contributed by atoms with Crippen molar-refractivity contribution in [1.29, 1.82) is 0 Å². The molecule has 1 nitrogen and oxygen atoms in total. The second-order valence-corrected chi connectivity index (χ2v) is 4.43. The van der Waals surface area contributed by atoms with E-state index in [0.717, 1.165) is 21.4 Å². The number of alkyl halides is 1. The van der Waals surface area contributed by atoms with Gasteiger partial charge in [0, 0.05) is 15.6 Å². The summed E-state index contributed by atoms with van der Waals surface area (Å²) in [4.78, 5) is 0. The summed E-state index contributed by atoms with van der Waals surface area (Å²) in [6, 6.07) is 3.97. The Labute approximate surface area is 96.2 Å². The molecule has 2 rings (SSSR count). The van der Waals surface area contributed by atoms with Crippen LogP contribution in [-0.4, -0.2) is 7.11 Å². The fourth-order valence-electron chi connectivity index (χ4n) is 1.40. The SMILES string of the molecule is COc1cc2sccc2c(Cl)c1CCl. The van der Waals surface area contributed by atoms with E-state index in [1.165, 1.54) is 0 Å². The first kappa shape index (κ1) is 10.1. The quantitative estimate of drug-likeness (QED) is 0.719. The van der Waals surface area contributed by atoms with E-state index >= 15 is 0 Å². The van der Waals surface area contributed by atoms with Crippen molar-refractivity contribution in [3.63, 3.8) is 0 Å². The highest BCUT2D eigenvalue weighted by Crippen LogP contribution is 2.37. The molecular weight excluding hydrogens is 239 g/mol. The highest BCUT2D eigenvalue weighted by Gasteiger charge is 2.12. The standard InChI is InChI=1S/C10H8Cl2OS/c1-13-8-4-9-6(2-3-14-9)10(12)7(8)5-11/h2-4H,5H2,1H3. The number of methoxy groups -OCH3 is 1. The van der Waals surface area contributed by atoms with E-state index in [0.29, 0.717) is 10.9 Å². The molecule has 0 saturated carbocycles. The topological polar surface area (TPSA) is 9.23 Å². The Hall–Kier alpha value is -0.440. The summed E-state index contributed by atoms with van der Waals surface area (Å²) in [5.74, 6) is 1.13. The third-order valence-corrected chi connectivity index (χ3v) is 3.67. The molecule has 0 radical (unpaired) electrons. The van der Waals surface area contributed by atoms with Gasteiger partial charge in [-0.1, -0.05) is 11.6 Å². The monoisotopic (exact) mass is 246 g/mol. The van der Waals surface area contributed by atoms with Crippen LogP contribution in [0.4, 0.5) is 0 Å². The summed E-state index contributed by atoms with van der Waals surface area (Å²) < 4.78 is 6.36. The van der Waals surface area contributed by atoms with Gasteiger partial charge in [0.2, 0.25) is 0 Å². The van der Waals surface area contributed by atoms with Crippen LogP contribution in [0.1, 0.15) is 5.56 Å². The predicted octanol–water partition coefficient (Wildman–Crippen LogP) is 4.30. The first-order chi connectivity index (χ1) is 6.77. The molecule has 0 spiro atoms. The highest BCUT2D eigenvalue weighted by atomic mass is 35.5. The van der Waals surface area contributed by atoms with Crippen LogP contribution in [-0.2, 0) is 5.88 Å². The molecule has 0 aliphatic heterocycles. The first-order valence-corrected chi connectivity index (χ1v) is 5.85. The molecule has 74 valence electrons. The lowest BCUT2D eigenvalue weighted by Crippen LogP contribution is -1.90. The summed E-state index contributed by atoms with van der Waals surface area (Å²) in [5.41, 5.74) is 0.863. The van der Waals surface area contributed by atoms with Gasteiger partial charge >= 0.3 is 0 Å². The van der Waals surface area contributed by atoms with E-state index in [1.54, 1.807) is 18.4 Å². The Bertz CT molecular complexity index is 464. The molecule has 0 bridgehead atoms. The fraction of sp³-hybridized carbons (Fsp3) is 0.200. The summed E-state index contributed by atoms with van der Waals surface area (Å²) >= 11 is 13.7. The van der Waals surface area contributed by atoms with Crippen LogP contribution < -0.4 is 4.74 Å². The number of hydrogen-bond acceptors (Lipinski definition) is 2. The van der Waals surface area contributed by atoms with Gasteiger partial charge in [-0.15, -0.1) is 22.9 Å². The Balaban J connectivity index is 2.79. The van der Waals surface area contributed by atoms with Crippen molar-refractivity contribution in [3.05, 3.63) is 28.1 Å². The molecule has 1 heterocycles. The van der Waals surface area contributed by atoms with Crippen molar-refractivity contribution >= 4 is 44.6 Å². The Morgan fingerprint density at radius 2 is 2.29 bits per heavy atom. The average molecular weight is 247 g/mol. The number of benzene rings is 1. The van der Waals surface area contributed by atoms with Crippen molar-refractivity contribution in [2.75, 3.05) is 7.11 Å². The first-order valence-electron chi connectivity index (χ1n) is 4.06. The van der Waals surface area contributed by atoms with Crippen molar-refractivity contribution < 1.29 is 4.74 Å². The predicted molar refractivity (Wildman–Crippen MR) is 62.9 cm³/mol. The second-order valence-electron chi connectivity index (χ2n) is 2.84. The number of thiophene rings is 1. The molecule has 2 aromatic rings. The van der Waals surface area contributed by atoms with Gasteiger partial charge in [-0.3, -0.25) is 0 Å². The molecule has 14 heavy (non-hydrogen) atoms. The summed E-state index contributed by atoms with van der Waals surface area (Å²) in [6.07, 6.45) is 0. The molecule has 0 atom stereocenters. The van der Waals surface area contributed by atoms with Crippen molar-refractivity contribution in [2.24, 2.45) is 0 Å². The van der Waals surface area contributed by atoms with Gasteiger partial charge < -0.3 is 4.74 Å². The Kier molecular flexibility index (Phi) is 2.86. The number of ether oxygens (including phenoxy) is 1. The van der Waals surface area contributed by atoms with E-state index in [2.05, 4.69) is 0 Å². The Morgan fingerprint density at radius 1 is 1.50 bits per heavy atom. The van der Waals surface area contributed by atoms with E-state index in [9.17, 15) is 0 Å². The molecular formula is C10H8Cl2OS. The van der Waals surface area contributed by atoms with Crippen LogP contribution in [0.3, 0.4) is 0 Å². The van der Waals surface area contributed by atoms with Gasteiger partial charge in [0.15, 0.2) is 0 Å². The van der Waals surface area contributed by atoms with Gasteiger partial charge in [0.25, 0.3) is 0 Å². The minimum atomic E-state index is 0.369. The molecule has 0 unspecified atom stereocenters. The van der Waals surface area contributed by atoms with Crippen LogP contribution in [0.2, 0.25) is 5.02 Å². The van der Waals surface area contributed by atoms with Crippen LogP contribution in [0.15, 0.2) is 17.5 Å².